The van der Waals surface area contributed by atoms with Gasteiger partial charge in [0, 0.05) is 13.1 Å². The lowest BCUT2D eigenvalue weighted by atomic mass is 9.76. The summed E-state index contributed by atoms with van der Waals surface area (Å²) in [5.41, 5.74) is 0.703. The summed E-state index contributed by atoms with van der Waals surface area (Å²) < 4.78 is 0. The molecule has 0 saturated carbocycles. The van der Waals surface area contributed by atoms with Gasteiger partial charge in [0.15, 0.2) is 0 Å². The Morgan fingerprint density at radius 1 is 1.33 bits per heavy atom. The van der Waals surface area contributed by atoms with E-state index in [0.29, 0.717) is 5.41 Å². The summed E-state index contributed by atoms with van der Waals surface area (Å²) in [6, 6.07) is 0. The van der Waals surface area contributed by atoms with E-state index >= 15 is 0 Å². The van der Waals surface area contributed by atoms with Crippen molar-refractivity contribution in [3.8, 4) is 0 Å². The molecule has 0 bridgehead atoms. The first kappa shape index (κ1) is 7.07. The topological polar surface area (TPSA) is 12.0 Å². The molecule has 0 aliphatic carbocycles. The molecule has 0 aromatic rings. The predicted octanol–water partition coefficient (Wildman–Crippen LogP) is 1.79. The van der Waals surface area contributed by atoms with Crippen LogP contribution in [-0.4, -0.2) is 13.1 Å². The van der Waals surface area contributed by atoms with E-state index in [9.17, 15) is 0 Å². The second kappa shape index (κ2) is 2.70. The maximum Gasteiger partial charge on any atom is 0.00201 e. The van der Waals surface area contributed by atoms with Gasteiger partial charge in [0.2, 0.25) is 0 Å². The standard InChI is InChI=1S/C8H17N/c1-3-5-8(4-2)6-9-7-8/h9H,3-7H2,1-2H3. The highest BCUT2D eigenvalue weighted by molar-refractivity contribution is 4.90. The van der Waals surface area contributed by atoms with Gasteiger partial charge in [-0.1, -0.05) is 20.3 Å². The lowest BCUT2D eigenvalue weighted by Crippen LogP contribution is -2.52. The molecule has 0 radical (unpaired) electrons. The van der Waals surface area contributed by atoms with Crippen molar-refractivity contribution in [2.24, 2.45) is 5.41 Å². The first-order valence-corrected chi connectivity index (χ1v) is 4.04. The fraction of sp³-hybridized carbons (Fsp3) is 1.00. The van der Waals surface area contributed by atoms with Crippen LogP contribution in [0.2, 0.25) is 0 Å². The predicted molar refractivity (Wildman–Crippen MR) is 40.5 cm³/mol. The Kier molecular flexibility index (Phi) is 2.12. The molecule has 0 aromatic carbocycles. The van der Waals surface area contributed by atoms with E-state index in [1.165, 1.54) is 32.4 Å². The molecule has 1 heteroatoms. The third-order valence-electron chi connectivity index (χ3n) is 2.53. The number of nitrogens with one attached hydrogen (secondary N) is 1. The molecule has 0 aromatic heterocycles. The van der Waals surface area contributed by atoms with E-state index in [4.69, 9.17) is 0 Å². The minimum atomic E-state index is 0.703. The maximum atomic E-state index is 3.34. The lowest BCUT2D eigenvalue weighted by Gasteiger charge is -2.42. The minimum Gasteiger partial charge on any atom is -0.316 e. The molecule has 1 heterocycles. The normalized spacial score (nSPS) is 23.3. The molecule has 1 N–H and O–H groups in total. The summed E-state index contributed by atoms with van der Waals surface area (Å²) in [4.78, 5) is 0. The number of hydrogen-bond acceptors (Lipinski definition) is 1. The van der Waals surface area contributed by atoms with Crippen LogP contribution in [0.5, 0.6) is 0 Å². The molecular formula is C8H17N. The van der Waals surface area contributed by atoms with E-state index in [0.717, 1.165) is 0 Å². The van der Waals surface area contributed by atoms with Crippen LogP contribution < -0.4 is 5.32 Å². The van der Waals surface area contributed by atoms with Crippen molar-refractivity contribution in [3.63, 3.8) is 0 Å². The van der Waals surface area contributed by atoms with Crippen molar-refractivity contribution in [1.82, 2.24) is 5.32 Å². The van der Waals surface area contributed by atoms with Gasteiger partial charge in [-0.2, -0.15) is 0 Å². The van der Waals surface area contributed by atoms with Crippen LogP contribution in [-0.2, 0) is 0 Å². The molecule has 9 heavy (non-hydrogen) atoms. The Balaban J connectivity index is 2.28. The fourth-order valence-electron chi connectivity index (χ4n) is 1.61. The van der Waals surface area contributed by atoms with Gasteiger partial charge in [0.1, 0.15) is 0 Å². The van der Waals surface area contributed by atoms with Gasteiger partial charge < -0.3 is 5.32 Å². The Morgan fingerprint density at radius 3 is 2.11 bits per heavy atom. The molecule has 0 amide bonds. The van der Waals surface area contributed by atoms with E-state index in [2.05, 4.69) is 19.2 Å². The average molecular weight is 127 g/mol. The van der Waals surface area contributed by atoms with E-state index in [-0.39, 0.29) is 0 Å². The summed E-state index contributed by atoms with van der Waals surface area (Å²) in [5, 5.41) is 3.34. The first-order chi connectivity index (χ1) is 4.33. The summed E-state index contributed by atoms with van der Waals surface area (Å²) in [7, 11) is 0. The van der Waals surface area contributed by atoms with Gasteiger partial charge in [-0.05, 0) is 18.3 Å². The highest BCUT2D eigenvalue weighted by Gasteiger charge is 2.33. The molecule has 54 valence electrons. The van der Waals surface area contributed by atoms with Gasteiger partial charge in [-0.25, -0.2) is 0 Å². The molecule has 0 unspecified atom stereocenters. The SMILES string of the molecule is CCCC1(CC)CNC1. The zero-order chi connectivity index (χ0) is 6.74. The molecule has 0 spiro atoms. The molecule has 1 rings (SSSR count). The molecule has 1 saturated heterocycles. The highest BCUT2D eigenvalue weighted by atomic mass is 15.0. The monoisotopic (exact) mass is 127 g/mol. The zero-order valence-corrected chi connectivity index (χ0v) is 6.54. The van der Waals surface area contributed by atoms with E-state index < -0.39 is 0 Å². The Bertz CT molecular complexity index is 79.1. The fourth-order valence-corrected chi connectivity index (χ4v) is 1.61. The Morgan fingerprint density at radius 2 is 2.00 bits per heavy atom. The zero-order valence-electron chi connectivity index (χ0n) is 6.54. The van der Waals surface area contributed by atoms with Crippen LogP contribution in [0.1, 0.15) is 33.1 Å². The second-order valence-electron chi connectivity index (χ2n) is 3.21. The highest BCUT2D eigenvalue weighted by Crippen LogP contribution is 2.31. The van der Waals surface area contributed by atoms with Crippen molar-refractivity contribution in [2.75, 3.05) is 13.1 Å². The van der Waals surface area contributed by atoms with E-state index in [1.807, 2.05) is 0 Å². The van der Waals surface area contributed by atoms with Gasteiger partial charge in [-0.15, -0.1) is 0 Å². The smallest absolute Gasteiger partial charge is 0.00201 e. The van der Waals surface area contributed by atoms with Crippen LogP contribution in [0.3, 0.4) is 0 Å². The Hall–Kier alpha value is -0.0400. The van der Waals surface area contributed by atoms with Crippen molar-refractivity contribution in [1.29, 1.82) is 0 Å². The van der Waals surface area contributed by atoms with Gasteiger partial charge in [-0.3, -0.25) is 0 Å². The van der Waals surface area contributed by atoms with Crippen LogP contribution in [0, 0.1) is 5.41 Å². The molecular weight excluding hydrogens is 110 g/mol. The molecule has 0 atom stereocenters. The van der Waals surface area contributed by atoms with E-state index in [1.54, 1.807) is 0 Å². The molecule has 1 aliphatic rings. The summed E-state index contributed by atoms with van der Waals surface area (Å²) in [5.74, 6) is 0. The minimum absolute atomic E-state index is 0.703. The average Bonchev–Trinajstić information content (AvgIpc) is 1.79. The summed E-state index contributed by atoms with van der Waals surface area (Å²) in [6.45, 7) is 7.10. The van der Waals surface area contributed by atoms with Crippen molar-refractivity contribution < 1.29 is 0 Å². The Labute approximate surface area is 57.8 Å². The first-order valence-electron chi connectivity index (χ1n) is 4.04. The molecule has 1 fully saturated rings. The number of hydrogen-bond donors (Lipinski definition) is 1. The maximum absolute atomic E-state index is 3.34. The van der Waals surface area contributed by atoms with Gasteiger partial charge in [0.05, 0.1) is 0 Å². The van der Waals surface area contributed by atoms with Gasteiger partial charge >= 0.3 is 0 Å². The quantitative estimate of drug-likeness (QED) is 0.609. The third kappa shape index (κ3) is 1.26. The van der Waals surface area contributed by atoms with Crippen LogP contribution in [0.15, 0.2) is 0 Å². The lowest BCUT2D eigenvalue weighted by molar-refractivity contribution is 0.144. The third-order valence-corrected chi connectivity index (χ3v) is 2.53. The summed E-state index contributed by atoms with van der Waals surface area (Å²) >= 11 is 0. The van der Waals surface area contributed by atoms with Crippen LogP contribution >= 0.6 is 0 Å². The van der Waals surface area contributed by atoms with Crippen molar-refractivity contribution in [3.05, 3.63) is 0 Å². The van der Waals surface area contributed by atoms with Crippen molar-refractivity contribution in [2.45, 2.75) is 33.1 Å². The van der Waals surface area contributed by atoms with Gasteiger partial charge in [0.25, 0.3) is 0 Å². The van der Waals surface area contributed by atoms with Crippen molar-refractivity contribution >= 4 is 0 Å². The second-order valence-corrected chi connectivity index (χ2v) is 3.21. The number of rotatable bonds is 3. The van der Waals surface area contributed by atoms with Crippen LogP contribution in [0.25, 0.3) is 0 Å². The molecule has 1 aliphatic heterocycles. The summed E-state index contributed by atoms with van der Waals surface area (Å²) in [6.07, 6.45) is 4.11. The largest absolute Gasteiger partial charge is 0.316 e. The van der Waals surface area contributed by atoms with Crippen LogP contribution in [0.4, 0.5) is 0 Å². The molecule has 1 nitrogen and oxygen atoms in total.